The zero-order valence-corrected chi connectivity index (χ0v) is 9.47. The molecule has 2 N–H and O–H groups in total. The Morgan fingerprint density at radius 1 is 1.60 bits per heavy atom. The predicted octanol–water partition coefficient (Wildman–Crippen LogP) is 0.794. The summed E-state index contributed by atoms with van der Waals surface area (Å²) in [5.74, 6) is 0.0259. The molecule has 0 aliphatic carbocycles. The van der Waals surface area contributed by atoms with Gasteiger partial charge in [-0.15, -0.1) is 0 Å². The van der Waals surface area contributed by atoms with Gasteiger partial charge in [-0.2, -0.15) is 5.26 Å². The van der Waals surface area contributed by atoms with Gasteiger partial charge in [0.25, 0.3) is 0 Å². The summed E-state index contributed by atoms with van der Waals surface area (Å²) in [6.45, 7) is 4.98. The van der Waals surface area contributed by atoms with Crippen molar-refractivity contribution in [3.63, 3.8) is 0 Å². The van der Waals surface area contributed by atoms with Gasteiger partial charge in [-0.25, -0.2) is 0 Å². The van der Waals surface area contributed by atoms with Gasteiger partial charge >= 0.3 is 0 Å². The number of hydrogen-bond donors (Lipinski definition) is 2. The monoisotopic (exact) mass is 209 g/mol. The quantitative estimate of drug-likeness (QED) is 0.722. The number of hydrogen-bond acceptors (Lipinski definition) is 3. The highest BCUT2D eigenvalue weighted by Crippen LogP contribution is 2.11. The smallest absolute Gasteiger partial charge is 0.237 e. The summed E-state index contributed by atoms with van der Waals surface area (Å²) < 4.78 is 0. The second-order valence-corrected chi connectivity index (χ2v) is 4.72. The molecule has 0 radical (unpaired) electrons. The van der Waals surface area contributed by atoms with Crippen LogP contribution >= 0.6 is 0 Å². The molecule has 0 unspecified atom stereocenters. The Morgan fingerprint density at radius 2 is 2.33 bits per heavy atom. The van der Waals surface area contributed by atoms with E-state index in [1.807, 2.05) is 13.8 Å². The minimum absolute atomic E-state index is 0.0259. The summed E-state index contributed by atoms with van der Waals surface area (Å²) in [6, 6.07) is 2.10. The maximum Gasteiger partial charge on any atom is 0.237 e. The third-order valence-corrected chi connectivity index (χ3v) is 2.63. The van der Waals surface area contributed by atoms with Gasteiger partial charge in [-0.1, -0.05) is 6.42 Å². The van der Waals surface area contributed by atoms with E-state index in [1.165, 1.54) is 0 Å². The van der Waals surface area contributed by atoms with Gasteiger partial charge in [-0.3, -0.25) is 4.79 Å². The lowest BCUT2D eigenvalue weighted by Gasteiger charge is -2.24. The van der Waals surface area contributed by atoms with Crippen LogP contribution < -0.4 is 10.6 Å². The van der Waals surface area contributed by atoms with Crippen molar-refractivity contribution in [3.8, 4) is 6.07 Å². The van der Waals surface area contributed by atoms with Gasteiger partial charge in [0, 0.05) is 6.54 Å². The number of nitrogens with one attached hydrogen (secondary N) is 2. The number of rotatable bonds is 3. The van der Waals surface area contributed by atoms with E-state index in [4.69, 9.17) is 5.26 Å². The van der Waals surface area contributed by atoms with E-state index in [0.717, 1.165) is 25.8 Å². The largest absolute Gasteiger partial charge is 0.353 e. The number of nitriles is 1. The summed E-state index contributed by atoms with van der Waals surface area (Å²) >= 11 is 0. The zero-order chi connectivity index (χ0) is 11.3. The molecule has 1 fully saturated rings. The molecule has 0 spiro atoms. The van der Waals surface area contributed by atoms with Gasteiger partial charge < -0.3 is 10.6 Å². The standard InChI is InChI=1S/C11H19N3O/c1-11(2,7-12)8-14-10(15)9-5-3-4-6-13-9/h9,13H,3-6,8H2,1-2H3,(H,14,15)/t9-/m0/s1. The van der Waals surface area contributed by atoms with E-state index in [0.29, 0.717) is 6.54 Å². The van der Waals surface area contributed by atoms with E-state index >= 15 is 0 Å². The van der Waals surface area contributed by atoms with Crippen LogP contribution in [0, 0.1) is 16.7 Å². The number of carbonyl (C=O) groups is 1. The topological polar surface area (TPSA) is 64.9 Å². The van der Waals surface area contributed by atoms with Crippen LogP contribution in [0.15, 0.2) is 0 Å². The maximum absolute atomic E-state index is 11.7. The van der Waals surface area contributed by atoms with Gasteiger partial charge in [0.2, 0.25) is 5.91 Å². The van der Waals surface area contributed by atoms with Gasteiger partial charge in [0.1, 0.15) is 0 Å². The lowest BCUT2D eigenvalue weighted by molar-refractivity contribution is -0.123. The molecule has 4 nitrogen and oxygen atoms in total. The van der Waals surface area contributed by atoms with E-state index < -0.39 is 5.41 Å². The molecule has 0 aromatic carbocycles. The average Bonchev–Trinajstić information content (AvgIpc) is 2.27. The highest BCUT2D eigenvalue weighted by molar-refractivity contribution is 5.81. The molecular weight excluding hydrogens is 190 g/mol. The van der Waals surface area contributed by atoms with Crippen LogP contribution in [0.1, 0.15) is 33.1 Å². The fourth-order valence-electron chi connectivity index (χ4n) is 1.55. The predicted molar refractivity (Wildman–Crippen MR) is 58.0 cm³/mol. The number of carbonyl (C=O) groups excluding carboxylic acids is 1. The highest BCUT2D eigenvalue weighted by Gasteiger charge is 2.23. The lowest BCUT2D eigenvalue weighted by atomic mass is 9.95. The summed E-state index contributed by atoms with van der Waals surface area (Å²) in [5.41, 5.74) is -0.482. The SMILES string of the molecule is CC(C)(C#N)CNC(=O)[C@@H]1CCCCN1. The van der Waals surface area contributed by atoms with Crippen LogP contribution in [0.2, 0.25) is 0 Å². The molecule has 1 atom stereocenters. The number of nitrogens with zero attached hydrogens (tertiary/aromatic N) is 1. The van der Waals surface area contributed by atoms with Crippen molar-refractivity contribution in [2.75, 3.05) is 13.1 Å². The van der Waals surface area contributed by atoms with Crippen molar-refractivity contribution in [1.29, 1.82) is 5.26 Å². The van der Waals surface area contributed by atoms with E-state index in [2.05, 4.69) is 16.7 Å². The number of amides is 1. The van der Waals surface area contributed by atoms with Crippen molar-refractivity contribution in [3.05, 3.63) is 0 Å². The molecule has 84 valence electrons. The molecule has 1 aliphatic heterocycles. The van der Waals surface area contributed by atoms with Crippen LogP contribution in [0.5, 0.6) is 0 Å². The maximum atomic E-state index is 11.7. The van der Waals surface area contributed by atoms with Crippen LogP contribution in [0.25, 0.3) is 0 Å². The molecule has 4 heteroatoms. The van der Waals surface area contributed by atoms with E-state index in [9.17, 15) is 4.79 Å². The average molecular weight is 209 g/mol. The Balaban J connectivity index is 2.32. The molecule has 0 bridgehead atoms. The van der Waals surface area contributed by atoms with Crippen molar-refractivity contribution in [2.45, 2.75) is 39.2 Å². The van der Waals surface area contributed by atoms with Crippen molar-refractivity contribution in [2.24, 2.45) is 5.41 Å². The van der Waals surface area contributed by atoms with Crippen molar-refractivity contribution in [1.82, 2.24) is 10.6 Å². The summed E-state index contributed by atoms with van der Waals surface area (Å²) in [5, 5.41) is 14.8. The first-order valence-electron chi connectivity index (χ1n) is 5.47. The highest BCUT2D eigenvalue weighted by atomic mass is 16.2. The fourth-order valence-corrected chi connectivity index (χ4v) is 1.55. The Bertz CT molecular complexity index is 261. The Hall–Kier alpha value is -1.08. The molecule has 1 saturated heterocycles. The molecule has 1 amide bonds. The van der Waals surface area contributed by atoms with Crippen molar-refractivity contribution < 1.29 is 4.79 Å². The van der Waals surface area contributed by atoms with Crippen molar-refractivity contribution >= 4 is 5.91 Å². The van der Waals surface area contributed by atoms with E-state index in [-0.39, 0.29) is 11.9 Å². The molecule has 0 aromatic heterocycles. The Morgan fingerprint density at radius 3 is 2.87 bits per heavy atom. The normalized spacial score (nSPS) is 21.8. The Labute approximate surface area is 91.0 Å². The zero-order valence-electron chi connectivity index (χ0n) is 9.47. The number of piperidine rings is 1. The first-order valence-corrected chi connectivity index (χ1v) is 5.47. The summed E-state index contributed by atoms with van der Waals surface area (Å²) in [4.78, 5) is 11.7. The molecule has 1 heterocycles. The molecule has 15 heavy (non-hydrogen) atoms. The van der Waals surface area contributed by atoms with Crippen LogP contribution in [0.3, 0.4) is 0 Å². The van der Waals surface area contributed by atoms with E-state index in [1.54, 1.807) is 0 Å². The third-order valence-electron chi connectivity index (χ3n) is 2.63. The first kappa shape index (κ1) is 12.0. The van der Waals surface area contributed by atoms with Crippen LogP contribution in [0.4, 0.5) is 0 Å². The minimum Gasteiger partial charge on any atom is -0.353 e. The molecule has 1 aliphatic rings. The lowest BCUT2D eigenvalue weighted by Crippen LogP contribution is -2.48. The summed E-state index contributed by atoms with van der Waals surface area (Å²) in [7, 11) is 0. The van der Waals surface area contributed by atoms with Crippen LogP contribution in [-0.2, 0) is 4.79 Å². The second kappa shape index (κ2) is 5.13. The molecule has 0 aromatic rings. The molecular formula is C11H19N3O. The van der Waals surface area contributed by atoms with Gasteiger partial charge in [0.15, 0.2) is 0 Å². The third kappa shape index (κ3) is 3.88. The Kier molecular flexibility index (Phi) is 4.10. The second-order valence-electron chi connectivity index (χ2n) is 4.72. The van der Waals surface area contributed by atoms with Gasteiger partial charge in [-0.05, 0) is 33.2 Å². The summed E-state index contributed by atoms with van der Waals surface area (Å²) in [6.07, 6.45) is 3.15. The first-order chi connectivity index (χ1) is 7.05. The van der Waals surface area contributed by atoms with Gasteiger partial charge in [0.05, 0.1) is 17.5 Å². The minimum atomic E-state index is -0.482. The fraction of sp³-hybridized carbons (Fsp3) is 0.818. The van der Waals surface area contributed by atoms with Crippen LogP contribution in [-0.4, -0.2) is 25.0 Å². The molecule has 1 rings (SSSR count). The molecule has 0 saturated carbocycles.